The average Bonchev–Trinajstić information content (AvgIpc) is 2.76. The third-order valence-corrected chi connectivity index (χ3v) is 6.68. The summed E-state index contributed by atoms with van der Waals surface area (Å²) in [5, 5.41) is 5.53. The fraction of sp³-hybridized carbons (Fsp3) is 0.381. The monoisotopic (exact) mass is 435 g/mol. The second-order valence-electron chi connectivity index (χ2n) is 6.46. The zero-order valence-corrected chi connectivity index (χ0v) is 18.6. The first-order valence-corrected chi connectivity index (χ1v) is 11.1. The fourth-order valence-corrected chi connectivity index (χ4v) is 4.37. The lowest BCUT2D eigenvalue weighted by Crippen LogP contribution is -2.34. The van der Waals surface area contributed by atoms with Crippen molar-refractivity contribution in [1.82, 2.24) is 14.9 Å². The van der Waals surface area contributed by atoms with Crippen LogP contribution < -0.4 is 20.1 Å². The van der Waals surface area contributed by atoms with Gasteiger partial charge in [0.25, 0.3) is 0 Å². The second-order valence-corrected chi connectivity index (χ2v) is 8.40. The Labute approximate surface area is 178 Å². The van der Waals surface area contributed by atoms with E-state index in [2.05, 4.69) is 10.6 Å². The Kier molecular flexibility index (Phi) is 8.49. The van der Waals surface area contributed by atoms with Crippen LogP contribution in [-0.2, 0) is 23.1 Å². The number of hydrogen-bond donors (Lipinski definition) is 2. The van der Waals surface area contributed by atoms with Crippen LogP contribution in [-0.4, -0.2) is 46.1 Å². The van der Waals surface area contributed by atoms with E-state index in [1.165, 1.54) is 4.31 Å². The Hall–Kier alpha value is -2.78. The minimum Gasteiger partial charge on any atom is -0.493 e. The van der Waals surface area contributed by atoms with E-state index in [0.717, 1.165) is 11.1 Å². The number of hydrogen-bond acceptors (Lipinski definition) is 5. The third kappa shape index (κ3) is 5.87. The number of ether oxygens (including phenoxy) is 2. The van der Waals surface area contributed by atoms with Crippen molar-refractivity contribution in [3.05, 3.63) is 53.6 Å². The van der Waals surface area contributed by atoms with Crippen molar-refractivity contribution in [2.75, 3.05) is 27.3 Å². The standard InChI is InChI=1S/C21H29N3O5S/c1-5-24(6-2)30(26,27)18-10-7-16(8-11-18)14-22-21(25)23-15-17-9-12-19(28-3)20(13-17)29-4/h7-13H,5-6,14-15H2,1-4H3,(H2,22,23,25). The van der Waals surface area contributed by atoms with Gasteiger partial charge in [0.1, 0.15) is 0 Å². The minimum absolute atomic E-state index is 0.243. The van der Waals surface area contributed by atoms with Crippen molar-refractivity contribution in [2.45, 2.75) is 31.8 Å². The molecule has 0 atom stereocenters. The number of carbonyl (C=O) groups excluding carboxylic acids is 1. The van der Waals surface area contributed by atoms with Crippen molar-refractivity contribution in [3.8, 4) is 11.5 Å². The quantitative estimate of drug-likeness (QED) is 0.598. The maximum atomic E-state index is 12.5. The predicted molar refractivity (Wildman–Crippen MR) is 115 cm³/mol. The van der Waals surface area contributed by atoms with Crippen molar-refractivity contribution in [1.29, 1.82) is 0 Å². The molecule has 0 saturated heterocycles. The van der Waals surface area contributed by atoms with E-state index in [1.54, 1.807) is 64.5 Å². The highest BCUT2D eigenvalue weighted by molar-refractivity contribution is 7.89. The zero-order chi connectivity index (χ0) is 22.1. The molecule has 0 aromatic heterocycles. The Bertz CT molecular complexity index is 942. The number of methoxy groups -OCH3 is 2. The molecule has 164 valence electrons. The molecule has 2 aromatic rings. The molecule has 30 heavy (non-hydrogen) atoms. The first-order chi connectivity index (χ1) is 14.3. The first-order valence-electron chi connectivity index (χ1n) is 9.67. The van der Waals surface area contributed by atoms with Crippen LogP contribution in [0.4, 0.5) is 4.79 Å². The van der Waals surface area contributed by atoms with Gasteiger partial charge in [-0.25, -0.2) is 13.2 Å². The van der Waals surface area contributed by atoms with Gasteiger partial charge in [-0.2, -0.15) is 4.31 Å². The maximum Gasteiger partial charge on any atom is 0.315 e. The Morgan fingerprint density at radius 2 is 1.40 bits per heavy atom. The van der Waals surface area contributed by atoms with Crippen LogP contribution in [0.1, 0.15) is 25.0 Å². The van der Waals surface area contributed by atoms with Gasteiger partial charge in [-0.05, 0) is 35.4 Å². The summed E-state index contributed by atoms with van der Waals surface area (Å²) >= 11 is 0. The first kappa shape index (κ1) is 23.5. The molecule has 0 spiro atoms. The highest BCUT2D eigenvalue weighted by Gasteiger charge is 2.21. The van der Waals surface area contributed by atoms with E-state index < -0.39 is 10.0 Å². The summed E-state index contributed by atoms with van der Waals surface area (Å²) in [5.41, 5.74) is 1.67. The second kappa shape index (κ2) is 10.8. The van der Waals surface area contributed by atoms with Gasteiger partial charge in [0.2, 0.25) is 10.0 Å². The summed E-state index contributed by atoms with van der Waals surface area (Å²) in [6, 6.07) is 11.6. The van der Waals surface area contributed by atoms with Gasteiger partial charge >= 0.3 is 6.03 Å². The SMILES string of the molecule is CCN(CC)S(=O)(=O)c1ccc(CNC(=O)NCc2ccc(OC)c(OC)c2)cc1. The van der Waals surface area contributed by atoms with Crippen LogP contribution in [0.15, 0.2) is 47.4 Å². The molecule has 0 bridgehead atoms. The lowest BCUT2D eigenvalue weighted by atomic mass is 10.2. The highest BCUT2D eigenvalue weighted by Crippen LogP contribution is 2.27. The Morgan fingerprint density at radius 3 is 1.93 bits per heavy atom. The fourth-order valence-electron chi connectivity index (χ4n) is 2.91. The third-order valence-electron chi connectivity index (χ3n) is 4.62. The molecule has 0 saturated carbocycles. The summed E-state index contributed by atoms with van der Waals surface area (Å²) < 4.78 is 36.9. The zero-order valence-electron chi connectivity index (χ0n) is 17.8. The molecule has 2 amide bonds. The van der Waals surface area contributed by atoms with Gasteiger partial charge in [-0.3, -0.25) is 0 Å². The molecule has 9 heteroatoms. The number of nitrogens with zero attached hydrogens (tertiary/aromatic N) is 1. The highest BCUT2D eigenvalue weighted by atomic mass is 32.2. The molecule has 2 aromatic carbocycles. The number of sulfonamides is 1. The topological polar surface area (TPSA) is 97.0 Å². The predicted octanol–water partition coefficient (Wildman–Crippen LogP) is 2.73. The van der Waals surface area contributed by atoms with Gasteiger partial charge in [0, 0.05) is 26.2 Å². The molecule has 8 nitrogen and oxygen atoms in total. The van der Waals surface area contributed by atoms with Crippen LogP contribution in [0.3, 0.4) is 0 Å². The van der Waals surface area contributed by atoms with Gasteiger partial charge in [0.15, 0.2) is 11.5 Å². The van der Waals surface area contributed by atoms with E-state index in [0.29, 0.717) is 31.1 Å². The van der Waals surface area contributed by atoms with Crippen LogP contribution in [0.2, 0.25) is 0 Å². The molecule has 0 aliphatic heterocycles. The number of amides is 2. The molecule has 0 heterocycles. The molecule has 0 unspecified atom stereocenters. The summed E-state index contributed by atoms with van der Waals surface area (Å²) in [6.45, 7) is 5.06. The van der Waals surface area contributed by atoms with Gasteiger partial charge in [0.05, 0.1) is 19.1 Å². The van der Waals surface area contributed by atoms with E-state index in [1.807, 2.05) is 6.07 Å². The lowest BCUT2D eigenvalue weighted by molar-refractivity contribution is 0.240. The molecule has 0 radical (unpaired) electrons. The van der Waals surface area contributed by atoms with Crippen LogP contribution in [0.5, 0.6) is 11.5 Å². The number of carbonyl (C=O) groups is 1. The molecule has 2 rings (SSSR count). The Morgan fingerprint density at radius 1 is 0.867 bits per heavy atom. The van der Waals surface area contributed by atoms with Gasteiger partial charge in [-0.15, -0.1) is 0 Å². The van der Waals surface area contributed by atoms with Crippen LogP contribution in [0.25, 0.3) is 0 Å². The Balaban J connectivity index is 1.89. The van der Waals surface area contributed by atoms with E-state index >= 15 is 0 Å². The van der Waals surface area contributed by atoms with Gasteiger partial charge in [-0.1, -0.05) is 32.0 Å². The van der Waals surface area contributed by atoms with E-state index in [9.17, 15) is 13.2 Å². The average molecular weight is 436 g/mol. The van der Waals surface area contributed by atoms with Crippen molar-refractivity contribution in [2.24, 2.45) is 0 Å². The molecular formula is C21H29N3O5S. The minimum atomic E-state index is -3.48. The summed E-state index contributed by atoms with van der Waals surface area (Å²) in [5.74, 6) is 1.22. The molecule has 0 aliphatic carbocycles. The summed E-state index contributed by atoms with van der Waals surface area (Å²) in [6.07, 6.45) is 0. The molecular weight excluding hydrogens is 406 g/mol. The normalized spacial score (nSPS) is 11.2. The van der Waals surface area contributed by atoms with Crippen molar-refractivity contribution >= 4 is 16.1 Å². The van der Waals surface area contributed by atoms with Crippen LogP contribution in [0, 0.1) is 0 Å². The summed E-state index contributed by atoms with van der Waals surface area (Å²) in [4.78, 5) is 12.3. The maximum absolute atomic E-state index is 12.5. The molecule has 0 aliphatic rings. The number of urea groups is 1. The molecule has 2 N–H and O–H groups in total. The van der Waals surface area contributed by atoms with E-state index in [4.69, 9.17) is 9.47 Å². The number of benzene rings is 2. The smallest absolute Gasteiger partial charge is 0.315 e. The largest absolute Gasteiger partial charge is 0.493 e. The van der Waals surface area contributed by atoms with Crippen molar-refractivity contribution < 1.29 is 22.7 Å². The number of rotatable bonds is 10. The van der Waals surface area contributed by atoms with Gasteiger partial charge < -0.3 is 20.1 Å². The molecule has 0 fully saturated rings. The van der Waals surface area contributed by atoms with Crippen LogP contribution >= 0.6 is 0 Å². The number of nitrogens with one attached hydrogen (secondary N) is 2. The van der Waals surface area contributed by atoms with Crippen molar-refractivity contribution in [3.63, 3.8) is 0 Å². The van der Waals surface area contributed by atoms with E-state index in [-0.39, 0.29) is 17.5 Å². The summed E-state index contributed by atoms with van der Waals surface area (Å²) in [7, 11) is -0.365. The lowest BCUT2D eigenvalue weighted by Gasteiger charge is -2.18.